The second-order valence-electron chi connectivity index (χ2n) is 8.51. The zero-order valence-electron chi connectivity index (χ0n) is 20.0. The van der Waals surface area contributed by atoms with E-state index in [0.29, 0.717) is 17.2 Å². The Balaban J connectivity index is 1.78. The molecule has 3 aromatic carbocycles. The molecule has 0 fully saturated rings. The van der Waals surface area contributed by atoms with Crippen molar-refractivity contribution in [1.29, 1.82) is 0 Å². The van der Waals surface area contributed by atoms with E-state index in [9.17, 15) is 4.79 Å². The van der Waals surface area contributed by atoms with Crippen molar-refractivity contribution in [2.24, 2.45) is 0 Å². The summed E-state index contributed by atoms with van der Waals surface area (Å²) in [6, 6.07) is 17.7. The summed E-state index contributed by atoms with van der Waals surface area (Å²) in [5.74, 6) is 1.21. The average Bonchev–Trinajstić information content (AvgIpc) is 3.13. The van der Waals surface area contributed by atoms with Crippen LogP contribution in [0.4, 0.5) is 11.4 Å². The van der Waals surface area contributed by atoms with E-state index in [1.807, 2.05) is 41.3 Å². The average molecular weight is 443 g/mol. The molecule has 1 aliphatic rings. The van der Waals surface area contributed by atoms with Crippen LogP contribution in [0.25, 0.3) is 0 Å². The van der Waals surface area contributed by atoms with Gasteiger partial charge in [-0.25, -0.2) is 0 Å². The third-order valence-corrected chi connectivity index (χ3v) is 6.36. The Morgan fingerprint density at radius 3 is 2.06 bits per heavy atom. The third kappa shape index (κ3) is 4.31. The minimum Gasteiger partial charge on any atom is -0.493 e. The van der Waals surface area contributed by atoms with Crippen LogP contribution in [-0.4, -0.2) is 20.1 Å². The van der Waals surface area contributed by atoms with Gasteiger partial charge in [0.1, 0.15) is 5.70 Å². The Morgan fingerprint density at radius 2 is 1.42 bits per heavy atom. The minimum absolute atomic E-state index is 0.0729. The Hall–Kier alpha value is -3.73. The van der Waals surface area contributed by atoms with Crippen LogP contribution in [0, 0.1) is 27.7 Å². The maximum atomic E-state index is 13.7. The molecule has 0 bridgehead atoms. The largest absolute Gasteiger partial charge is 0.493 e. The van der Waals surface area contributed by atoms with Gasteiger partial charge in [-0.05, 0) is 98.0 Å². The summed E-state index contributed by atoms with van der Waals surface area (Å²) in [5.41, 5.74) is 7.96. The number of nitrogens with one attached hydrogen (secondary N) is 1. The molecule has 1 heterocycles. The molecule has 3 aromatic rings. The number of amides is 1. The van der Waals surface area contributed by atoms with Gasteiger partial charge in [-0.15, -0.1) is 0 Å². The summed E-state index contributed by atoms with van der Waals surface area (Å²) in [7, 11) is 3.23. The summed E-state index contributed by atoms with van der Waals surface area (Å²) in [5, 5.41) is 3.35. The topological polar surface area (TPSA) is 50.8 Å². The third-order valence-electron chi connectivity index (χ3n) is 6.36. The van der Waals surface area contributed by atoms with E-state index in [-0.39, 0.29) is 11.9 Å². The Morgan fingerprint density at radius 1 is 0.758 bits per heavy atom. The van der Waals surface area contributed by atoms with E-state index in [0.717, 1.165) is 22.5 Å². The highest BCUT2D eigenvalue weighted by Crippen LogP contribution is 2.39. The van der Waals surface area contributed by atoms with Gasteiger partial charge < -0.3 is 14.8 Å². The molecule has 1 N–H and O–H groups in total. The van der Waals surface area contributed by atoms with Crippen LogP contribution in [-0.2, 0) is 4.79 Å². The molecule has 1 aliphatic heterocycles. The van der Waals surface area contributed by atoms with Crippen molar-refractivity contribution in [3.63, 3.8) is 0 Å². The van der Waals surface area contributed by atoms with E-state index in [1.165, 1.54) is 16.7 Å². The number of methoxy groups -OCH3 is 2. The second-order valence-corrected chi connectivity index (χ2v) is 8.51. The molecule has 0 aliphatic carbocycles. The van der Waals surface area contributed by atoms with E-state index in [2.05, 4.69) is 57.3 Å². The number of carbonyl (C=O) groups is 1. The van der Waals surface area contributed by atoms with Crippen molar-refractivity contribution in [3.8, 4) is 11.5 Å². The molecule has 1 amide bonds. The van der Waals surface area contributed by atoms with Crippen molar-refractivity contribution in [2.45, 2.75) is 33.7 Å². The van der Waals surface area contributed by atoms with Gasteiger partial charge in [0, 0.05) is 11.4 Å². The summed E-state index contributed by atoms with van der Waals surface area (Å²) in [6.07, 6.45) is 1.98. The van der Waals surface area contributed by atoms with Gasteiger partial charge in [0.05, 0.1) is 20.3 Å². The van der Waals surface area contributed by atoms with Gasteiger partial charge in [-0.1, -0.05) is 18.2 Å². The Bertz CT molecular complexity index is 1250. The van der Waals surface area contributed by atoms with Gasteiger partial charge in [0.25, 0.3) is 5.91 Å². The normalized spacial score (nSPS) is 15.5. The highest BCUT2D eigenvalue weighted by Gasteiger charge is 2.35. The number of aryl methyl sites for hydroxylation is 4. The van der Waals surface area contributed by atoms with E-state index in [4.69, 9.17) is 9.47 Å². The standard InChI is InChI=1S/C28H30N2O3/c1-17-7-10-22(13-19(17)3)29-24-16-25(21-9-12-26(32-5)27(15-21)33-6)30(28(24)31)23-11-8-18(2)20(4)14-23/h7-16,25,29H,1-6H3/t25-/m1/s1. The molecule has 0 unspecified atom stereocenters. The first kappa shape index (κ1) is 22.5. The molecular formula is C28H30N2O3. The Kier molecular flexibility index (Phi) is 6.14. The van der Waals surface area contributed by atoms with E-state index in [1.54, 1.807) is 14.2 Å². The fourth-order valence-electron chi connectivity index (χ4n) is 4.06. The lowest BCUT2D eigenvalue weighted by molar-refractivity contribution is -0.114. The van der Waals surface area contributed by atoms with Crippen LogP contribution in [0.15, 0.2) is 66.4 Å². The van der Waals surface area contributed by atoms with Crippen LogP contribution in [0.1, 0.15) is 33.9 Å². The quantitative estimate of drug-likeness (QED) is 0.507. The first-order chi connectivity index (χ1) is 15.8. The SMILES string of the molecule is COc1ccc([C@H]2C=C(Nc3ccc(C)c(C)c3)C(=O)N2c2ccc(C)c(C)c2)cc1OC. The monoisotopic (exact) mass is 442 g/mol. The molecule has 4 rings (SSSR count). The molecule has 0 aromatic heterocycles. The van der Waals surface area contributed by atoms with Gasteiger partial charge >= 0.3 is 0 Å². The molecule has 1 atom stereocenters. The maximum Gasteiger partial charge on any atom is 0.275 e. The van der Waals surface area contributed by atoms with Gasteiger partial charge in [-0.2, -0.15) is 0 Å². The van der Waals surface area contributed by atoms with Crippen LogP contribution in [0.3, 0.4) is 0 Å². The molecule has 33 heavy (non-hydrogen) atoms. The fraction of sp³-hybridized carbons (Fsp3) is 0.250. The van der Waals surface area contributed by atoms with Crippen molar-refractivity contribution >= 4 is 17.3 Å². The lowest BCUT2D eigenvalue weighted by Crippen LogP contribution is -2.31. The van der Waals surface area contributed by atoms with Crippen LogP contribution in [0.2, 0.25) is 0 Å². The predicted octanol–water partition coefficient (Wildman–Crippen LogP) is 6.02. The fourth-order valence-corrected chi connectivity index (χ4v) is 4.06. The molecule has 0 saturated heterocycles. The summed E-state index contributed by atoms with van der Waals surface area (Å²) < 4.78 is 10.9. The lowest BCUT2D eigenvalue weighted by Gasteiger charge is -2.26. The highest BCUT2D eigenvalue weighted by atomic mass is 16.5. The number of carbonyl (C=O) groups excluding carboxylic acids is 1. The van der Waals surface area contributed by atoms with Gasteiger partial charge in [0.15, 0.2) is 11.5 Å². The van der Waals surface area contributed by atoms with Gasteiger partial charge in [-0.3, -0.25) is 9.69 Å². The van der Waals surface area contributed by atoms with Crippen molar-refractivity contribution < 1.29 is 14.3 Å². The predicted molar refractivity (Wildman–Crippen MR) is 133 cm³/mol. The minimum atomic E-state index is -0.284. The summed E-state index contributed by atoms with van der Waals surface area (Å²) >= 11 is 0. The zero-order chi connectivity index (χ0) is 23.7. The summed E-state index contributed by atoms with van der Waals surface area (Å²) in [6.45, 7) is 8.28. The van der Waals surface area contributed by atoms with Crippen molar-refractivity contribution in [3.05, 3.63) is 94.2 Å². The molecule has 0 spiro atoms. The number of ether oxygens (including phenoxy) is 2. The Labute approximate surface area is 195 Å². The van der Waals surface area contributed by atoms with Crippen LogP contribution >= 0.6 is 0 Å². The molecule has 170 valence electrons. The number of rotatable bonds is 6. The van der Waals surface area contributed by atoms with E-state index >= 15 is 0 Å². The second kappa shape index (κ2) is 9.02. The summed E-state index contributed by atoms with van der Waals surface area (Å²) in [4.78, 5) is 15.5. The molecule has 5 nitrogen and oxygen atoms in total. The zero-order valence-corrected chi connectivity index (χ0v) is 20.0. The molecular weight excluding hydrogens is 412 g/mol. The first-order valence-electron chi connectivity index (χ1n) is 11.0. The highest BCUT2D eigenvalue weighted by molar-refractivity contribution is 6.11. The number of hydrogen-bond acceptors (Lipinski definition) is 4. The van der Waals surface area contributed by atoms with E-state index < -0.39 is 0 Å². The number of nitrogens with zero attached hydrogens (tertiary/aromatic N) is 1. The maximum absolute atomic E-state index is 13.7. The lowest BCUT2D eigenvalue weighted by atomic mass is 10.0. The van der Waals surface area contributed by atoms with Crippen molar-refractivity contribution in [2.75, 3.05) is 24.4 Å². The van der Waals surface area contributed by atoms with Gasteiger partial charge in [0.2, 0.25) is 0 Å². The van der Waals surface area contributed by atoms with Crippen LogP contribution in [0.5, 0.6) is 11.5 Å². The number of benzene rings is 3. The van der Waals surface area contributed by atoms with Crippen molar-refractivity contribution in [1.82, 2.24) is 0 Å². The smallest absolute Gasteiger partial charge is 0.275 e. The molecule has 0 saturated carbocycles. The first-order valence-corrected chi connectivity index (χ1v) is 11.0. The number of anilines is 2. The van der Waals surface area contributed by atoms with Crippen LogP contribution < -0.4 is 19.7 Å². The molecule has 5 heteroatoms. The molecule has 0 radical (unpaired) electrons. The number of hydrogen-bond donors (Lipinski definition) is 1.